The first-order chi connectivity index (χ1) is 9.10. The molecule has 112 valence electrons. The van der Waals surface area contributed by atoms with E-state index in [4.69, 9.17) is 0 Å². The lowest BCUT2D eigenvalue weighted by Crippen LogP contribution is -2.13. The average Bonchev–Trinajstić information content (AvgIpc) is 2.79. The lowest BCUT2D eigenvalue weighted by Gasteiger charge is -2.00. The third kappa shape index (κ3) is 14.6. The number of carbonyl (C=O) groups is 1. The van der Waals surface area contributed by atoms with Crippen molar-refractivity contribution in [3.8, 4) is 0 Å². The molecule has 0 aromatic carbocycles. The maximum absolute atomic E-state index is 9.68. The van der Waals surface area contributed by atoms with Crippen LogP contribution in [-0.4, -0.2) is 27.9 Å². The monoisotopic (exact) mass is 270 g/mol. The molecule has 0 aliphatic rings. The summed E-state index contributed by atoms with van der Waals surface area (Å²) in [6.45, 7) is 11.2. The molecule has 0 saturated heterocycles. The van der Waals surface area contributed by atoms with Gasteiger partial charge >= 0.3 is 0 Å². The van der Waals surface area contributed by atoms with Crippen LogP contribution in [-0.2, 0) is 18.3 Å². The van der Waals surface area contributed by atoms with Gasteiger partial charge in [-0.25, -0.2) is 0 Å². The van der Waals surface area contributed by atoms with E-state index < -0.39 is 0 Å². The number of amides is 1. The molecule has 1 heterocycles. The standard InChI is InChI=1S/C6H11N3.C6H13NO.C2H6/c1-3-4-6-5-9(2)8-7-6;1-6(2)3-4-7-5-8;1-2/h5H,3-4H2,1-2H3;5-6H,3-4H2,1-2H3,(H,7,8);1-2H3. The number of carbonyl (C=O) groups excluding carboxylic acids is 1. The van der Waals surface area contributed by atoms with E-state index in [9.17, 15) is 4.79 Å². The maximum Gasteiger partial charge on any atom is 0.207 e. The highest BCUT2D eigenvalue weighted by molar-refractivity contribution is 5.45. The normalized spacial score (nSPS) is 9.00. The summed E-state index contributed by atoms with van der Waals surface area (Å²) in [6, 6.07) is 0. The van der Waals surface area contributed by atoms with Crippen molar-refractivity contribution in [2.24, 2.45) is 13.0 Å². The predicted octanol–water partition coefficient (Wildman–Crippen LogP) is 2.57. The molecule has 0 aliphatic heterocycles. The van der Waals surface area contributed by atoms with Crippen LogP contribution in [0.4, 0.5) is 0 Å². The van der Waals surface area contributed by atoms with Crippen LogP contribution < -0.4 is 5.32 Å². The van der Waals surface area contributed by atoms with Crippen LogP contribution in [0.2, 0.25) is 0 Å². The van der Waals surface area contributed by atoms with Gasteiger partial charge in [0.1, 0.15) is 0 Å². The highest BCUT2D eigenvalue weighted by Crippen LogP contribution is 1.95. The number of hydrogen-bond donors (Lipinski definition) is 1. The van der Waals surface area contributed by atoms with Crippen LogP contribution >= 0.6 is 0 Å². The Bertz CT molecular complexity index is 297. The van der Waals surface area contributed by atoms with Gasteiger partial charge in [-0.15, -0.1) is 5.10 Å². The number of nitrogens with one attached hydrogen (secondary N) is 1. The van der Waals surface area contributed by atoms with E-state index >= 15 is 0 Å². The Kier molecular flexibility index (Phi) is 15.4. The number of aromatic nitrogens is 3. The summed E-state index contributed by atoms with van der Waals surface area (Å²) in [4.78, 5) is 9.68. The lowest BCUT2D eigenvalue weighted by atomic mass is 10.1. The Morgan fingerprint density at radius 1 is 1.42 bits per heavy atom. The second-order valence-corrected chi connectivity index (χ2v) is 4.39. The lowest BCUT2D eigenvalue weighted by molar-refractivity contribution is -0.109. The van der Waals surface area contributed by atoms with E-state index in [1.165, 1.54) is 0 Å². The average molecular weight is 270 g/mol. The summed E-state index contributed by atoms with van der Waals surface area (Å²) in [5.41, 5.74) is 1.08. The van der Waals surface area contributed by atoms with Crippen LogP contribution in [0.15, 0.2) is 6.20 Å². The summed E-state index contributed by atoms with van der Waals surface area (Å²) in [7, 11) is 1.88. The molecule has 0 unspecified atom stereocenters. The fourth-order valence-electron chi connectivity index (χ4n) is 1.20. The second-order valence-electron chi connectivity index (χ2n) is 4.39. The number of nitrogens with zero attached hydrogens (tertiary/aromatic N) is 3. The van der Waals surface area contributed by atoms with Crippen molar-refractivity contribution in [1.29, 1.82) is 0 Å². The van der Waals surface area contributed by atoms with Gasteiger partial charge < -0.3 is 5.32 Å². The number of aryl methyl sites for hydroxylation is 2. The van der Waals surface area contributed by atoms with Crippen molar-refractivity contribution in [2.45, 2.75) is 53.9 Å². The second kappa shape index (κ2) is 14.7. The van der Waals surface area contributed by atoms with Crippen molar-refractivity contribution in [1.82, 2.24) is 20.3 Å². The van der Waals surface area contributed by atoms with E-state index in [-0.39, 0.29) is 0 Å². The SMILES string of the molecule is CC.CC(C)CCNC=O.CCCc1cn(C)nn1. The van der Waals surface area contributed by atoms with Crippen LogP contribution in [0.1, 0.15) is 53.2 Å². The van der Waals surface area contributed by atoms with E-state index in [1.807, 2.05) is 27.1 Å². The van der Waals surface area contributed by atoms with E-state index in [0.29, 0.717) is 5.92 Å². The van der Waals surface area contributed by atoms with Gasteiger partial charge in [-0.2, -0.15) is 0 Å². The van der Waals surface area contributed by atoms with Crippen LogP contribution in [0.3, 0.4) is 0 Å². The number of rotatable bonds is 6. The summed E-state index contributed by atoms with van der Waals surface area (Å²) in [5, 5.41) is 10.3. The smallest absolute Gasteiger partial charge is 0.207 e. The Labute approximate surface area is 117 Å². The molecule has 5 nitrogen and oxygen atoms in total. The van der Waals surface area contributed by atoms with Crippen LogP contribution in [0.5, 0.6) is 0 Å². The zero-order valence-corrected chi connectivity index (χ0v) is 13.3. The van der Waals surface area contributed by atoms with Gasteiger partial charge in [0.15, 0.2) is 0 Å². The molecule has 0 spiro atoms. The van der Waals surface area contributed by atoms with Gasteiger partial charge in [0.2, 0.25) is 6.41 Å². The van der Waals surface area contributed by atoms with Gasteiger partial charge in [0.25, 0.3) is 0 Å². The third-order valence-electron chi connectivity index (χ3n) is 2.11. The summed E-state index contributed by atoms with van der Waals surface area (Å²) >= 11 is 0. The molecule has 0 bridgehead atoms. The molecular weight excluding hydrogens is 240 g/mol. The van der Waals surface area contributed by atoms with Gasteiger partial charge in [-0.1, -0.05) is 46.3 Å². The Hall–Kier alpha value is -1.39. The van der Waals surface area contributed by atoms with Crippen molar-refractivity contribution < 1.29 is 4.79 Å². The molecule has 0 fully saturated rings. The fraction of sp³-hybridized carbons (Fsp3) is 0.786. The van der Waals surface area contributed by atoms with Crippen molar-refractivity contribution in [2.75, 3.05) is 6.54 Å². The van der Waals surface area contributed by atoms with Gasteiger partial charge in [0.05, 0.1) is 5.69 Å². The largest absolute Gasteiger partial charge is 0.359 e. The molecule has 1 aromatic rings. The highest BCUT2D eigenvalue weighted by Gasteiger charge is 1.93. The van der Waals surface area contributed by atoms with E-state index in [0.717, 1.165) is 37.9 Å². The first-order valence-corrected chi connectivity index (χ1v) is 7.12. The molecule has 1 rings (SSSR count). The molecular formula is C14H30N4O. The molecule has 19 heavy (non-hydrogen) atoms. The van der Waals surface area contributed by atoms with Crippen molar-refractivity contribution in [3.05, 3.63) is 11.9 Å². The Morgan fingerprint density at radius 2 is 2.05 bits per heavy atom. The van der Waals surface area contributed by atoms with Gasteiger partial charge in [-0.3, -0.25) is 9.48 Å². The Balaban J connectivity index is 0. The maximum atomic E-state index is 9.68. The molecule has 5 heteroatoms. The number of hydrogen-bond acceptors (Lipinski definition) is 3. The molecule has 1 N–H and O–H groups in total. The zero-order valence-electron chi connectivity index (χ0n) is 13.3. The minimum Gasteiger partial charge on any atom is -0.359 e. The summed E-state index contributed by atoms with van der Waals surface area (Å²) in [6.07, 6.45) is 5.93. The molecule has 0 atom stereocenters. The van der Waals surface area contributed by atoms with Gasteiger partial charge in [0, 0.05) is 19.8 Å². The quantitative estimate of drug-likeness (QED) is 0.638. The summed E-state index contributed by atoms with van der Waals surface area (Å²) in [5.74, 6) is 0.683. The minimum absolute atomic E-state index is 0.683. The molecule has 0 aliphatic carbocycles. The van der Waals surface area contributed by atoms with Gasteiger partial charge in [-0.05, 0) is 18.8 Å². The molecule has 0 saturated carbocycles. The third-order valence-corrected chi connectivity index (χ3v) is 2.11. The molecule has 1 aromatic heterocycles. The Morgan fingerprint density at radius 3 is 2.42 bits per heavy atom. The first kappa shape index (κ1) is 19.9. The first-order valence-electron chi connectivity index (χ1n) is 7.12. The van der Waals surface area contributed by atoms with E-state index in [2.05, 4.69) is 36.4 Å². The summed E-state index contributed by atoms with van der Waals surface area (Å²) < 4.78 is 1.73. The van der Waals surface area contributed by atoms with Crippen molar-refractivity contribution >= 4 is 6.41 Å². The fourth-order valence-corrected chi connectivity index (χ4v) is 1.20. The molecule has 0 radical (unpaired) electrons. The predicted molar refractivity (Wildman–Crippen MR) is 79.9 cm³/mol. The highest BCUT2D eigenvalue weighted by atomic mass is 16.1. The molecule has 1 amide bonds. The zero-order chi connectivity index (χ0) is 15.1. The van der Waals surface area contributed by atoms with Crippen LogP contribution in [0.25, 0.3) is 0 Å². The minimum atomic E-state index is 0.683. The van der Waals surface area contributed by atoms with Crippen LogP contribution in [0, 0.1) is 5.92 Å². The topological polar surface area (TPSA) is 59.8 Å². The van der Waals surface area contributed by atoms with E-state index in [1.54, 1.807) is 4.68 Å². The van der Waals surface area contributed by atoms with Crippen molar-refractivity contribution in [3.63, 3.8) is 0 Å².